The summed E-state index contributed by atoms with van der Waals surface area (Å²) in [7, 11) is 0. The number of amides is 1. The summed E-state index contributed by atoms with van der Waals surface area (Å²) in [4.78, 5) is 13.4. The number of hydrogen-bond acceptors (Lipinski definition) is 4. The average Bonchev–Trinajstić information content (AvgIpc) is 2.38. The normalized spacial score (nSPS) is 19.9. The summed E-state index contributed by atoms with van der Waals surface area (Å²) >= 11 is 6.22. The minimum absolute atomic E-state index is 0.282. The molecule has 98 valence electrons. The van der Waals surface area contributed by atoms with E-state index in [2.05, 4.69) is 0 Å². The van der Waals surface area contributed by atoms with Crippen LogP contribution in [0, 0.1) is 0 Å². The van der Waals surface area contributed by atoms with E-state index in [1.807, 2.05) is 17.0 Å². The lowest BCUT2D eigenvalue weighted by Gasteiger charge is -2.37. The first-order valence-corrected chi connectivity index (χ1v) is 6.14. The highest BCUT2D eigenvalue weighted by molar-refractivity contribution is 6.33. The molecule has 1 heterocycles. The Morgan fingerprint density at radius 2 is 2.33 bits per heavy atom. The Morgan fingerprint density at radius 3 is 3.00 bits per heavy atom. The number of primary amides is 1. The Bertz CT molecular complexity index is 453. The number of nitrogens with two attached hydrogens (primary N) is 2. The zero-order valence-corrected chi connectivity index (χ0v) is 10.7. The SMILES string of the molecule is NCc1cccc(Cl)c1N1CCOCC1C(N)=O. The maximum absolute atomic E-state index is 11.5. The van der Waals surface area contributed by atoms with Crippen LogP contribution in [0.4, 0.5) is 5.69 Å². The second-order valence-corrected chi connectivity index (χ2v) is 4.55. The first kappa shape index (κ1) is 13.1. The molecule has 1 amide bonds. The van der Waals surface area contributed by atoms with Crippen LogP contribution >= 0.6 is 11.6 Å². The summed E-state index contributed by atoms with van der Waals surface area (Å²) in [6.07, 6.45) is 0. The van der Waals surface area contributed by atoms with Crippen molar-refractivity contribution < 1.29 is 9.53 Å². The van der Waals surface area contributed by atoms with E-state index in [4.69, 9.17) is 27.8 Å². The van der Waals surface area contributed by atoms with Crippen molar-refractivity contribution in [3.8, 4) is 0 Å². The van der Waals surface area contributed by atoms with Gasteiger partial charge in [0.2, 0.25) is 5.91 Å². The van der Waals surface area contributed by atoms with Gasteiger partial charge in [-0.1, -0.05) is 23.7 Å². The molecule has 2 rings (SSSR count). The molecular formula is C12H16ClN3O2. The summed E-state index contributed by atoms with van der Waals surface area (Å²) in [5.74, 6) is -0.419. The van der Waals surface area contributed by atoms with Gasteiger partial charge in [0.05, 0.1) is 23.9 Å². The fraction of sp³-hybridized carbons (Fsp3) is 0.417. The number of nitrogens with zero attached hydrogens (tertiary/aromatic N) is 1. The van der Waals surface area contributed by atoms with Crippen molar-refractivity contribution in [3.05, 3.63) is 28.8 Å². The van der Waals surface area contributed by atoms with Crippen molar-refractivity contribution in [2.75, 3.05) is 24.7 Å². The molecule has 0 bridgehead atoms. The first-order chi connectivity index (χ1) is 8.65. The van der Waals surface area contributed by atoms with Crippen LogP contribution < -0.4 is 16.4 Å². The third-order valence-electron chi connectivity index (χ3n) is 3.03. The molecule has 0 aliphatic carbocycles. The van der Waals surface area contributed by atoms with Crippen LogP contribution in [-0.2, 0) is 16.1 Å². The lowest BCUT2D eigenvalue weighted by molar-refractivity contribution is -0.121. The van der Waals surface area contributed by atoms with Crippen LogP contribution in [0.5, 0.6) is 0 Å². The number of carbonyl (C=O) groups is 1. The van der Waals surface area contributed by atoms with Crippen LogP contribution in [0.1, 0.15) is 5.56 Å². The smallest absolute Gasteiger partial charge is 0.242 e. The molecule has 0 saturated carbocycles. The highest BCUT2D eigenvalue weighted by Gasteiger charge is 2.30. The van der Waals surface area contributed by atoms with Gasteiger partial charge in [0.25, 0.3) is 0 Å². The summed E-state index contributed by atoms with van der Waals surface area (Å²) in [6, 6.07) is 5.02. The number of anilines is 1. The molecule has 0 radical (unpaired) electrons. The molecule has 5 nitrogen and oxygen atoms in total. The second-order valence-electron chi connectivity index (χ2n) is 4.14. The zero-order valence-electron chi connectivity index (χ0n) is 9.93. The predicted molar refractivity (Wildman–Crippen MR) is 70.5 cm³/mol. The molecule has 1 aliphatic rings. The fourth-order valence-electron chi connectivity index (χ4n) is 2.15. The molecule has 1 aromatic rings. The van der Waals surface area contributed by atoms with Crippen LogP contribution in [0.15, 0.2) is 18.2 Å². The van der Waals surface area contributed by atoms with Crippen molar-refractivity contribution in [2.45, 2.75) is 12.6 Å². The molecule has 1 saturated heterocycles. The van der Waals surface area contributed by atoms with Crippen molar-refractivity contribution in [3.63, 3.8) is 0 Å². The monoisotopic (exact) mass is 269 g/mol. The lowest BCUT2D eigenvalue weighted by Crippen LogP contribution is -2.53. The number of para-hydroxylation sites is 1. The number of rotatable bonds is 3. The van der Waals surface area contributed by atoms with Gasteiger partial charge in [-0.05, 0) is 11.6 Å². The van der Waals surface area contributed by atoms with Gasteiger partial charge in [-0.3, -0.25) is 4.79 Å². The quantitative estimate of drug-likeness (QED) is 0.837. The van der Waals surface area contributed by atoms with E-state index >= 15 is 0 Å². The summed E-state index contributed by atoms with van der Waals surface area (Å²) < 4.78 is 5.29. The van der Waals surface area contributed by atoms with Gasteiger partial charge in [0.15, 0.2) is 0 Å². The Balaban J connectivity index is 2.42. The molecule has 1 aliphatic heterocycles. The molecule has 0 spiro atoms. The molecular weight excluding hydrogens is 254 g/mol. The van der Waals surface area contributed by atoms with E-state index in [1.165, 1.54) is 0 Å². The second kappa shape index (κ2) is 5.56. The molecule has 1 atom stereocenters. The highest BCUT2D eigenvalue weighted by Crippen LogP contribution is 2.32. The van der Waals surface area contributed by atoms with E-state index in [-0.39, 0.29) is 6.61 Å². The largest absolute Gasteiger partial charge is 0.377 e. The topological polar surface area (TPSA) is 81.6 Å². The molecule has 18 heavy (non-hydrogen) atoms. The van der Waals surface area contributed by atoms with Gasteiger partial charge in [0.1, 0.15) is 6.04 Å². The number of halogens is 1. The molecule has 4 N–H and O–H groups in total. The maximum atomic E-state index is 11.5. The lowest BCUT2D eigenvalue weighted by atomic mass is 10.1. The van der Waals surface area contributed by atoms with Gasteiger partial charge in [-0.25, -0.2) is 0 Å². The summed E-state index contributed by atoms with van der Waals surface area (Å²) in [5, 5.41) is 0.575. The van der Waals surface area contributed by atoms with E-state index in [0.717, 1.165) is 11.3 Å². The molecule has 1 unspecified atom stereocenters. The maximum Gasteiger partial charge on any atom is 0.242 e. The number of carbonyl (C=O) groups excluding carboxylic acids is 1. The number of benzene rings is 1. The van der Waals surface area contributed by atoms with Gasteiger partial charge in [-0.15, -0.1) is 0 Å². The van der Waals surface area contributed by atoms with E-state index in [1.54, 1.807) is 6.07 Å². The van der Waals surface area contributed by atoms with Crippen LogP contribution in [0.2, 0.25) is 5.02 Å². The van der Waals surface area contributed by atoms with Crippen molar-refractivity contribution in [1.82, 2.24) is 0 Å². The van der Waals surface area contributed by atoms with Gasteiger partial charge >= 0.3 is 0 Å². The third-order valence-corrected chi connectivity index (χ3v) is 3.34. The first-order valence-electron chi connectivity index (χ1n) is 5.76. The van der Waals surface area contributed by atoms with Crippen molar-refractivity contribution in [1.29, 1.82) is 0 Å². The predicted octanol–water partition coefficient (Wildman–Crippen LogP) is 0.489. The van der Waals surface area contributed by atoms with E-state index in [9.17, 15) is 4.79 Å². The molecule has 1 fully saturated rings. The molecule has 1 aromatic carbocycles. The fourth-order valence-corrected chi connectivity index (χ4v) is 2.46. The Kier molecular flexibility index (Phi) is 4.06. The molecule has 0 aromatic heterocycles. The highest BCUT2D eigenvalue weighted by atomic mass is 35.5. The minimum Gasteiger partial charge on any atom is -0.377 e. The average molecular weight is 270 g/mol. The zero-order chi connectivity index (χ0) is 13.1. The van der Waals surface area contributed by atoms with Crippen LogP contribution in [-0.4, -0.2) is 31.7 Å². The Hall–Kier alpha value is -1.30. The van der Waals surface area contributed by atoms with E-state index in [0.29, 0.717) is 24.7 Å². The standard InChI is InChI=1S/C12H16ClN3O2/c13-9-3-1-2-8(6-14)11(9)16-4-5-18-7-10(16)12(15)17/h1-3,10H,4-7,14H2,(H2,15,17). The number of hydrogen-bond donors (Lipinski definition) is 2. The van der Waals surface area contributed by atoms with Crippen molar-refractivity contribution in [2.24, 2.45) is 11.5 Å². The molecule has 6 heteroatoms. The van der Waals surface area contributed by atoms with Gasteiger partial charge < -0.3 is 21.1 Å². The third kappa shape index (κ3) is 2.43. The van der Waals surface area contributed by atoms with Gasteiger partial charge in [0, 0.05) is 13.1 Å². The summed E-state index contributed by atoms with van der Waals surface area (Å²) in [5.41, 5.74) is 12.8. The number of ether oxygens (including phenoxy) is 1. The minimum atomic E-state index is -0.496. The Morgan fingerprint density at radius 1 is 1.56 bits per heavy atom. The van der Waals surface area contributed by atoms with E-state index < -0.39 is 11.9 Å². The summed E-state index contributed by atoms with van der Waals surface area (Å²) in [6.45, 7) is 1.76. The Labute approximate surface area is 111 Å². The van der Waals surface area contributed by atoms with Gasteiger partial charge in [-0.2, -0.15) is 0 Å². The van der Waals surface area contributed by atoms with Crippen LogP contribution in [0.3, 0.4) is 0 Å². The number of morpholine rings is 1. The van der Waals surface area contributed by atoms with Crippen molar-refractivity contribution >= 4 is 23.2 Å². The van der Waals surface area contributed by atoms with Crippen LogP contribution in [0.25, 0.3) is 0 Å².